The van der Waals surface area contributed by atoms with Gasteiger partial charge in [0.15, 0.2) is 5.96 Å². The summed E-state index contributed by atoms with van der Waals surface area (Å²) in [7, 11) is 0. The van der Waals surface area contributed by atoms with E-state index in [-0.39, 0.29) is 29.9 Å². The van der Waals surface area contributed by atoms with Crippen LogP contribution in [-0.4, -0.2) is 54.4 Å². The Morgan fingerprint density at radius 2 is 1.79 bits per heavy atom. The predicted octanol–water partition coefficient (Wildman–Crippen LogP) is 1.81. The lowest BCUT2D eigenvalue weighted by molar-refractivity contribution is -0.130. The van der Waals surface area contributed by atoms with Crippen molar-refractivity contribution in [2.75, 3.05) is 32.7 Å². The van der Waals surface area contributed by atoms with Gasteiger partial charge in [-0.05, 0) is 24.6 Å². The van der Waals surface area contributed by atoms with E-state index in [9.17, 15) is 4.79 Å². The number of piperazine rings is 1. The number of carbonyl (C=O) groups is 1. The summed E-state index contributed by atoms with van der Waals surface area (Å²) >= 11 is 0. The second kappa shape index (κ2) is 10.1. The van der Waals surface area contributed by atoms with Crippen molar-refractivity contribution in [1.29, 1.82) is 5.26 Å². The number of halogens is 1. The third-order valence-corrected chi connectivity index (χ3v) is 3.85. The first-order valence-electron chi connectivity index (χ1n) is 7.92. The van der Waals surface area contributed by atoms with Crippen LogP contribution in [0, 0.1) is 11.3 Å². The zero-order chi connectivity index (χ0) is 16.7. The van der Waals surface area contributed by atoms with Crippen LogP contribution < -0.4 is 5.32 Å². The maximum atomic E-state index is 11.4. The molecule has 0 aromatic heterocycles. The predicted molar refractivity (Wildman–Crippen MR) is 105 cm³/mol. The average molecular weight is 441 g/mol. The van der Waals surface area contributed by atoms with E-state index in [2.05, 4.69) is 21.3 Å². The van der Waals surface area contributed by atoms with Crippen LogP contribution in [-0.2, 0) is 11.3 Å². The van der Waals surface area contributed by atoms with E-state index >= 15 is 0 Å². The Kier molecular flexibility index (Phi) is 8.54. The van der Waals surface area contributed by atoms with Crippen molar-refractivity contribution in [2.24, 2.45) is 4.99 Å². The smallest absolute Gasteiger partial charge is 0.219 e. The van der Waals surface area contributed by atoms with Crippen molar-refractivity contribution in [3.05, 3.63) is 35.4 Å². The van der Waals surface area contributed by atoms with E-state index in [0.717, 1.165) is 44.2 Å². The number of rotatable bonds is 3. The van der Waals surface area contributed by atoms with Crippen LogP contribution in [0.3, 0.4) is 0 Å². The van der Waals surface area contributed by atoms with E-state index in [1.54, 1.807) is 6.92 Å². The number of hydrogen-bond donors (Lipinski definition) is 1. The summed E-state index contributed by atoms with van der Waals surface area (Å²) in [6.45, 7) is 8.08. The van der Waals surface area contributed by atoms with Gasteiger partial charge in [-0.1, -0.05) is 12.1 Å². The molecule has 0 bridgehead atoms. The maximum Gasteiger partial charge on any atom is 0.219 e. The van der Waals surface area contributed by atoms with Gasteiger partial charge in [-0.15, -0.1) is 24.0 Å². The normalized spacial score (nSPS) is 14.6. The Bertz CT molecular complexity index is 600. The lowest BCUT2D eigenvalue weighted by Crippen LogP contribution is -2.53. The standard InChI is InChI=1S/C17H23N5O.HI/c1-3-19-17(22-10-8-21(9-11-22)14(2)23)20-13-16-6-4-15(12-18)5-7-16;/h4-7H,3,8-11,13H2,1-2H3,(H,19,20);1H. The molecule has 0 radical (unpaired) electrons. The molecule has 130 valence electrons. The fourth-order valence-electron chi connectivity index (χ4n) is 2.51. The van der Waals surface area contributed by atoms with Crippen LogP contribution in [0.25, 0.3) is 0 Å². The number of carbonyl (C=O) groups excluding carboxylic acids is 1. The summed E-state index contributed by atoms with van der Waals surface area (Å²) in [5.74, 6) is 1.00. The van der Waals surface area contributed by atoms with Crippen molar-refractivity contribution in [2.45, 2.75) is 20.4 Å². The number of nitriles is 1. The maximum absolute atomic E-state index is 11.4. The van der Waals surface area contributed by atoms with Crippen LogP contribution in [0.5, 0.6) is 0 Å². The number of aliphatic imine (C=N–C) groups is 1. The van der Waals surface area contributed by atoms with E-state index in [1.807, 2.05) is 36.1 Å². The second-order valence-electron chi connectivity index (χ2n) is 5.47. The van der Waals surface area contributed by atoms with Gasteiger partial charge in [0.25, 0.3) is 0 Å². The molecule has 1 aliphatic rings. The van der Waals surface area contributed by atoms with Crippen LogP contribution in [0.15, 0.2) is 29.3 Å². The summed E-state index contributed by atoms with van der Waals surface area (Å²) in [4.78, 5) is 20.1. The highest BCUT2D eigenvalue weighted by Crippen LogP contribution is 2.07. The molecule has 7 heteroatoms. The molecule has 0 unspecified atom stereocenters. The lowest BCUT2D eigenvalue weighted by atomic mass is 10.1. The molecular formula is C17H24IN5O. The number of amides is 1. The molecule has 1 aliphatic heterocycles. The van der Waals surface area contributed by atoms with Crippen LogP contribution in [0.1, 0.15) is 25.0 Å². The molecule has 1 fully saturated rings. The van der Waals surface area contributed by atoms with E-state index in [0.29, 0.717) is 12.1 Å². The lowest BCUT2D eigenvalue weighted by Gasteiger charge is -2.36. The van der Waals surface area contributed by atoms with E-state index in [1.165, 1.54) is 0 Å². The Labute approximate surface area is 160 Å². The summed E-state index contributed by atoms with van der Waals surface area (Å²) in [5, 5.41) is 12.1. The van der Waals surface area contributed by atoms with Gasteiger partial charge in [-0.2, -0.15) is 5.26 Å². The summed E-state index contributed by atoms with van der Waals surface area (Å²) in [6.07, 6.45) is 0. The molecular weight excluding hydrogens is 417 g/mol. The first kappa shape index (κ1) is 20.2. The number of guanidine groups is 1. The number of benzene rings is 1. The molecule has 1 aromatic rings. The van der Waals surface area contributed by atoms with Crippen LogP contribution in [0.4, 0.5) is 0 Å². The molecule has 1 amide bonds. The highest BCUT2D eigenvalue weighted by molar-refractivity contribution is 14.0. The molecule has 1 N–H and O–H groups in total. The first-order chi connectivity index (χ1) is 11.1. The Hall–Kier alpha value is -1.82. The molecule has 1 aromatic carbocycles. The third kappa shape index (κ3) is 5.67. The van der Waals surface area contributed by atoms with Crippen molar-refractivity contribution in [1.82, 2.24) is 15.1 Å². The summed E-state index contributed by atoms with van der Waals surface area (Å²) in [6, 6.07) is 9.59. The number of nitrogens with zero attached hydrogens (tertiary/aromatic N) is 4. The van der Waals surface area contributed by atoms with Gasteiger partial charge in [0.2, 0.25) is 5.91 Å². The van der Waals surface area contributed by atoms with Gasteiger partial charge < -0.3 is 15.1 Å². The van der Waals surface area contributed by atoms with Gasteiger partial charge in [0.1, 0.15) is 0 Å². The van der Waals surface area contributed by atoms with Crippen molar-refractivity contribution < 1.29 is 4.79 Å². The fraction of sp³-hybridized carbons (Fsp3) is 0.471. The minimum atomic E-state index is 0. The summed E-state index contributed by atoms with van der Waals surface area (Å²) < 4.78 is 0. The first-order valence-corrected chi connectivity index (χ1v) is 7.92. The highest BCUT2D eigenvalue weighted by atomic mass is 127. The monoisotopic (exact) mass is 441 g/mol. The number of nitrogens with one attached hydrogen (secondary N) is 1. The molecule has 0 aliphatic carbocycles. The topological polar surface area (TPSA) is 71.7 Å². The molecule has 2 rings (SSSR count). The number of hydrogen-bond acceptors (Lipinski definition) is 3. The Balaban J connectivity index is 0.00000288. The molecule has 6 nitrogen and oxygen atoms in total. The molecule has 1 saturated heterocycles. The minimum absolute atomic E-state index is 0. The Morgan fingerprint density at radius 3 is 2.29 bits per heavy atom. The zero-order valence-electron chi connectivity index (χ0n) is 14.2. The van der Waals surface area contributed by atoms with Gasteiger partial charge >= 0.3 is 0 Å². The van der Waals surface area contributed by atoms with Crippen molar-refractivity contribution in [3.63, 3.8) is 0 Å². The third-order valence-electron chi connectivity index (χ3n) is 3.85. The average Bonchev–Trinajstić information content (AvgIpc) is 2.59. The van der Waals surface area contributed by atoms with Crippen LogP contribution in [0.2, 0.25) is 0 Å². The second-order valence-corrected chi connectivity index (χ2v) is 5.47. The molecule has 0 spiro atoms. The Morgan fingerprint density at radius 1 is 1.21 bits per heavy atom. The minimum Gasteiger partial charge on any atom is -0.357 e. The van der Waals surface area contributed by atoms with Gasteiger partial charge in [-0.25, -0.2) is 4.99 Å². The molecule has 0 saturated carbocycles. The quantitative estimate of drug-likeness (QED) is 0.441. The fourth-order valence-corrected chi connectivity index (χ4v) is 2.51. The van der Waals surface area contributed by atoms with E-state index < -0.39 is 0 Å². The van der Waals surface area contributed by atoms with E-state index in [4.69, 9.17) is 5.26 Å². The zero-order valence-corrected chi connectivity index (χ0v) is 16.5. The van der Waals surface area contributed by atoms with Gasteiger partial charge in [-0.3, -0.25) is 4.79 Å². The summed E-state index contributed by atoms with van der Waals surface area (Å²) in [5.41, 5.74) is 1.73. The SMILES string of the molecule is CCNC(=NCc1ccc(C#N)cc1)N1CCN(C(C)=O)CC1.I. The van der Waals surface area contributed by atoms with Gasteiger partial charge in [0, 0.05) is 39.6 Å². The van der Waals surface area contributed by atoms with Crippen molar-refractivity contribution in [3.8, 4) is 6.07 Å². The molecule has 24 heavy (non-hydrogen) atoms. The van der Waals surface area contributed by atoms with Crippen LogP contribution >= 0.6 is 24.0 Å². The van der Waals surface area contributed by atoms with Gasteiger partial charge in [0.05, 0.1) is 18.2 Å². The highest BCUT2D eigenvalue weighted by Gasteiger charge is 2.20. The van der Waals surface area contributed by atoms with Crippen molar-refractivity contribution >= 4 is 35.8 Å². The molecule has 0 atom stereocenters. The molecule has 1 heterocycles. The largest absolute Gasteiger partial charge is 0.357 e.